The highest BCUT2D eigenvalue weighted by Crippen LogP contribution is 2.21. The number of hydrogen-bond donors (Lipinski definition) is 1. The Labute approximate surface area is 158 Å². The topological polar surface area (TPSA) is 69.7 Å². The number of halogens is 1. The first-order chi connectivity index (χ1) is 12.4. The third-order valence-corrected chi connectivity index (χ3v) is 6.49. The number of nitrogens with one attached hydrogen (secondary N) is 1. The first-order valence-corrected chi connectivity index (χ1v) is 9.99. The van der Waals surface area contributed by atoms with Crippen molar-refractivity contribution in [2.24, 2.45) is 0 Å². The van der Waals surface area contributed by atoms with Gasteiger partial charge in [0.05, 0.1) is 6.54 Å². The van der Waals surface area contributed by atoms with Crippen LogP contribution < -0.4 is 5.32 Å². The van der Waals surface area contributed by atoms with Crippen molar-refractivity contribution in [1.29, 1.82) is 0 Å². The molecule has 0 saturated carbocycles. The van der Waals surface area contributed by atoms with E-state index in [0.29, 0.717) is 30.3 Å². The number of carbonyl (C=O) groups excluding carboxylic acids is 1. The van der Waals surface area contributed by atoms with Crippen molar-refractivity contribution < 1.29 is 13.2 Å². The Kier molecular flexibility index (Phi) is 5.62. The highest BCUT2D eigenvalue weighted by molar-refractivity contribution is 7.87. The van der Waals surface area contributed by atoms with Gasteiger partial charge in [0.25, 0.3) is 10.2 Å². The number of carbonyl (C=O) groups is 1. The van der Waals surface area contributed by atoms with Gasteiger partial charge in [-0.2, -0.15) is 17.0 Å². The van der Waals surface area contributed by atoms with Crippen molar-refractivity contribution in [1.82, 2.24) is 8.61 Å². The Balaban J connectivity index is 1.63. The maximum Gasteiger partial charge on any atom is 0.282 e. The second-order valence-electron chi connectivity index (χ2n) is 6.16. The fourth-order valence-corrected chi connectivity index (χ4v) is 4.47. The average Bonchev–Trinajstić information content (AvgIpc) is 2.86. The number of hydrogen-bond acceptors (Lipinski definition) is 3. The maximum atomic E-state index is 12.7. The van der Waals surface area contributed by atoms with Gasteiger partial charge in [-0.15, -0.1) is 0 Å². The van der Waals surface area contributed by atoms with Crippen LogP contribution >= 0.6 is 11.6 Å². The second kappa shape index (κ2) is 7.75. The highest BCUT2D eigenvalue weighted by atomic mass is 35.5. The summed E-state index contributed by atoms with van der Waals surface area (Å²) in [5.74, 6) is -0.381. The van der Waals surface area contributed by atoms with Crippen molar-refractivity contribution >= 4 is 33.4 Å². The normalized spacial score (nSPS) is 17.3. The monoisotopic (exact) mass is 393 g/mol. The van der Waals surface area contributed by atoms with E-state index in [2.05, 4.69) is 5.32 Å². The van der Waals surface area contributed by atoms with Crippen molar-refractivity contribution in [3.8, 4) is 0 Å². The van der Waals surface area contributed by atoms with Crippen molar-refractivity contribution in [2.45, 2.75) is 13.5 Å². The summed E-state index contributed by atoms with van der Waals surface area (Å²) >= 11 is 5.81. The molecule has 1 saturated heterocycles. The molecule has 0 bridgehead atoms. The van der Waals surface area contributed by atoms with Crippen molar-refractivity contribution in [3.63, 3.8) is 0 Å². The minimum absolute atomic E-state index is 0.213. The molecule has 26 heavy (non-hydrogen) atoms. The first kappa shape index (κ1) is 18.8. The van der Waals surface area contributed by atoms with E-state index in [1.54, 1.807) is 24.3 Å². The standard InChI is InChI=1S/C18H20ClN3O3S/c1-14-4-2-3-5-15(14)12-21-10-11-22(26(21,24)25)13-18(23)20-17-8-6-16(19)7-9-17/h2-9H,10-13H2,1H3,(H,20,23). The number of aryl methyl sites for hydroxylation is 1. The zero-order chi connectivity index (χ0) is 18.7. The van der Waals surface area contributed by atoms with E-state index in [1.165, 1.54) is 8.61 Å². The molecular weight excluding hydrogens is 374 g/mol. The smallest absolute Gasteiger partial charge is 0.282 e. The van der Waals surface area contributed by atoms with E-state index in [0.717, 1.165) is 11.1 Å². The summed E-state index contributed by atoms with van der Waals surface area (Å²) in [6.07, 6.45) is 0. The lowest BCUT2D eigenvalue weighted by atomic mass is 10.1. The molecule has 1 amide bonds. The molecule has 0 aliphatic carbocycles. The molecule has 2 aromatic rings. The fourth-order valence-electron chi connectivity index (χ4n) is 2.81. The van der Waals surface area contributed by atoms with Crippen LogP contribution in [-0.4, -0.2) is 42.6 Å². The predicted octanol–water partition coefficient (Wildman–Crippen LogP) is 2.65. The fraction of sp³-hybridized carbons (Fsp3) is 0.278. The van der Waals surface area contributed by atoms with Gasteiger partial charge in [-0.1, -0.05) is 35.9 Å². The molecule has 1 fully saturated rings. The van der Waals surface area contributed by atoms with E-state index in [4.69, 9.17) is 11.6 Å². The Morgan fingerprint density at radius 1 is 1.08 bits per heavy atom. The zero-order valence-corrected chi connectivity index (χ0v) is 15.9. The second-order valence-corrected chi connectivity index (χ2v) is 8.52. The molecular formula is C18H20ClN3O3S. The zero-order valence-electron chi connectivity index (χ0n) is 14.4. The van der Waals surface area contributed by atoms with Gasteiger partial charge in [-0.3, -0.25) is 4.79 Å². The Morgan fingerprint density at radius 2 is 1.73 bits per heavy atom. The number of rotatable bonds is 5. The average molecular weight is 394 g/mol. The largest absolute Gasteiger partial charge is 0.325 e. The van der Waals surface area contributed by atoms with Gasteiger partial charge in [-0.25, -0.2) is 0 Å². The summed E-state index contributed by atoms with van der Waals surface area (Å²) < 4.78 is 28.0. The van der Waals surface area contributed by atoms with Crippen LogP contribution in [0.25, 0.3) is 0 Å². The molecule has 0 spiro atoms. The third kappa shape index (κ3) is 4.24. The van der Waals surface area contributed by atoms with Gasteiger partial charge in [0.1, 0.15) is 0 Å². The molecule has 1 heterocycles. The molecule has 3 rings (SSSR count). The van der Waals surface area contributed by atoms with Crippen LogP contribution in [-0.2, 0) is 21.5 Å². The van der Waals surface area contributed by atoms with Gasteiger partial charge in [-0.05, 0) is 42.3 Å². The van der Waals surface area contributed by atoms with Gasteiger partial charge in [0.15, 0.2) is 0 Å². The molecule has 6 nitrogen and oxygen atoms in total. The van der Waals surface area contributed by atoms with Crippen LogP contribution in [0, 0.1) is 6.92 Å². The minimum atomic E-state index is -3.65. The van der Waals surface area contributed by atoms with E-state index in [9.17, 15) is 13.2 Å². The first-order valence-electron chi connectivity index (χ1n) is 8.21. The molecule has 0 aromatic heterocycles. The lowest BCUT2D eigenvalue weighted by Gasteiger charge is -2.19. The van der Waals surface area contributed by atoms with E-state index < -0.39 is 10.2 Å². The molecule has 1 N–H and O–H groups in total. The van der Waals surface area contributed by atoms with Crippen LogP contribution in [0.3, 0.4) is 0 Å². The third-order valence-electron chi connectivity index (χ3n) is 4.31. The Hall–Kier alpha value is -1.93. The summed E-state index contributed by atoms with van der Waals surface area (Å²) in [6.45, 7) is 2.71. The molecule has 0 unspecified atom stereocenters. The van der Waals surface area contributed by atoms with Gasteiger partial charge in [0, 0.05) is 30.3 Å². The molecule has 1 aliphatic heterocycles. The summed E-state index contributed by atoms with van der Waals surface area (Å²) in [4.78, 5) is 12.2. The van der Waals surface area contributed by atoms with Crippen molar-refractivity contribution in [3.05, 3.63) is 64.7 Å². The Morgan fingerprint density at radius 3 is 2.42 bits per heavy atom. The molecule has 2 aromatic carbocycles. The number of amides is 1. The number of benzene rings is 2. The number of nitrogens with zero attached hydrogens (tertiary/aromatic N) is 2. The highest BCUT2D eigenvalue weighted by Gasteiger charge is 2.37. The van der Waals surface area contributed by atoms with Crippen LogP contribution in [0.15, 0.2) is 48.5 Å². The molecule has 1 aliphatic rings. The van der Waals surface area contributed by atoms with Gasteiger partial charge < -0.3 is 5.32 Å². The van der Waals surface area contributed by atoms with Crippen molar-refractivity contribution in [2.75, 3.05) is 25.0 Å². The SMILES string of the molecule is Cc1ccccc1CN1CCN(CC(=O)Nc2ccc(Cl)cc2)S1(=O)=O. The molecule has 0 atom stereocenters. The summed E-state index contributed by atoms with van der Waals surface area (Å²) in [5, 5.41) is 3.25. The minimum Gasteiger partial charge on any atom is -0.325 e. The lowest BCUT2D eigenvalue weighted by molar-refractivity contribution is -0.116. The van der Waals surface area contributed by atoms with Crippen LogP contribution in [0.4, 0.5) is 5.69 Å². The van der Waals surface area contributed by atoms with E-state index >= 15 is 0 Å². The van der Waals surface area contributed by atoms with Crippen LogP contribution in [0.2, 0.25) is 5.02 Å². The van der Waals surface area contributed by atoms with Gasteiger partial charge >= 0.3 is 0 Å². The van der Waals surface area contributed by atoms with E-state index in [-0.39, 0.29) is 12.5 Å². The summed E-state index contributed by atoms with van der Waals surface area (Å²) in [5.41, 5.74) is 2.58. The molecule has 0 radical (unpaired) electrons. The Bertz CT molecular complexity index is 900. The van der Waals surface area contributed by atoms with Crippen LogP contribution in [0.5, 0.6) is 0 Å². The van der Waals surface area contributed by atoms with Crippen LogP contribution in [0.1, 0.15) is 11.1 Å². The molecule has 138 valence electrons. The van der Waals surface area contributed by atoms with Gasteiger partial charge in [0.2, 0.25) is 5.91 Å². The lowest BCUT2D eigenvalue weighted by Crippen LogP contribution is -2.37. The number of anilines is 1. The summed E-state index contributed by atoms with van der Waals surface area (Å²) in [6, 6.07) is 14.3. The molecule has 8 heteroatoms. The summed E-state index contributed by atoms with van der Waals surface area (Å²) in [7, 11) is -3.65. The van der Waals surface area contributed by atoms with E-state index in [1.807, 2.05) is 31.2 Å². The predicted molar refractivity (Wildman–Crippen MR) is 102 cm³/mol. The maximum absolute atomic E-state index is 12.7. The quantitative estimate of drug-likeness (QED) is 0.848.